The maximum absolute atomic E-state index is 8.86. The van der Waals surface area contributed by atoms with Crippen LogP contribution in [0.2, 0.25) is 0 Å². The maximum Gasteiger partial charge on any atom is 0.0770 e. The van der Waals surface area contributed by atoms with Crippen LogP contribution in [-0.4, -0.2) is 45.3 Å². The van der Waals surface area contributed by atoms with Crippen LogP contribution in [0.3, 0.4) is 0 Å². The van der Waals surface area contributed by atoms with Gasteiger partial charge >= 0.3 is 0 Å². The maximum atomic E-state index is 8.86. The fourth-order valence-corrected chi connectivity index (χ4v) is 0.698. The molecule has 0 fully saturated rings. The minimum atomic E-state index is -0.700. The molecule has 14 heavy (non-hydrogen) atoms. The Bertz CT molecular complexity index is 109. The lowest BCUT2D eigenvalue weighted by Crippen LogP contribution is -2.19. The third-order valence-corrected chi connectivity index (χ3v) is 1.56. The van der Waals surface area contributed by atoms with E-state index in [-0.39, 0.29) is 13.2 Å². The Morgan fingerprint density at radius 3 is 1.79 bits per heavy atom. The monoisotopic (exact) mass is 208 g/mol. The molecule has 0 saturated heterocycles. The lowest BCUT2D eigenvalue weighted by Gasteiger charge is -2.13. The van der Waals surface area contributed by atoms with E-state index in [0.717, 1.165) is 6.42 Å². The first-order valence-corrected chi connectivity index (χ1v) is 4.99. The molecule has 0 saturated carbocycles. The van der Waals surface area contributed by atoms with Crippen molar-refractivity contribution in [3.63, 3.8) is 0 Å². The topological polar surface area (TPSA) is 80.9 Å². The van der Waals surface area contributed by atoms with E-state index in [1.54, 1.807) is 13.8 Å². The van der Waals surface area contributed by atoms with Gasteiger partial charge in [-0.2, -0.15) is 0 Å². The molecule has 0 aromatic heterocycles. The lowest BCUT2D eigenvalue weighted by atomic mass is 10.1. The molecule has 4 heteroatoms. The van der Waals surface area contributed by atoms with Crippen LogP contribution >= 0.6 is 0 Å². The van der Waals surface area contributed by atoms with E-state index in [0.29, 0.717) is 12.8 Å². The minimum Gasteiger partial charge on any atom is -0.396 e. The molecular formula is C10H24O4. The molecule has 4 nitrogen and oxygen atoms in total. The van der Waals surface area contributed by atoms with Gasteiger partial charge in [0.2, 0.25) is 0 Å². The van der Waals surface area contributed by atoms with Crippen molar-refractivity contribution in [1.82, 2.24) is 0 Å². The Labute approximate surface area is 86.2 Å². The van der Waals surface area contributed by atoms with Gasteiger partial charge in [0.25, 0.3) is 0 Å². The fraction of sp³-hybridized carbons (Fsp3) is 1.00. The molecule has 0 aromatic rings. The predicted molar refractivity (Wildman–Crippen MR) is 56.0 cm³/mol. The first kappa shape index (κ1) is 16.3. The van der Waals surface area contributed by atoms with Gasteiger partial charge in [-0.3, -0.25) is 0 Å². The van der Waals surface area contributed by atoms with Gasteiger partial charge in [0.05, 0.1) is 18.3 Å². The number of aliphatic hydroxyl groups is 4. The number of rotatable bonds is 5. The zero-order chi connectivity index (χ0) is 11.6. The van der Waals surface area contributed by atoms with Crippen LogP contribution in [-0.2, 0) is 0 Å². The summed E-state index contributed by atoms with van der Waals surface area (Å²) in [4.78, 5) is 0. The van der Waals surface area contributed by atoms with Crippen LogP contribution in [0.5, 0.6) is 0 Å². The van der Waals surface area contributed by atoms with Crippen LogP contribution in [0.25, 0.3) is 0 Å². The average molecular weight is 208 g/mol. The van der Waals surface area contributed by atoms with Crippen molar-refractivity contribution in [2.24, 2.45) is 0 Å². The molecule has 1 atom stereocenters. The highest BCUT2D eigenvalue weighted by Gasteiger charge is 2.09. The van der Waals surface area contributed by atoms with Gasteiger partial charge < -0.3 is 20.4 Å². The van der Waals surface area contributed by atoms with E-state index in [2.05, 4.69) is 0 Å². The smallest absolute Gasteiger partial charge is 0.0770 e. The first-order chi connectivity index (χ1) is 6.37. The molecule has 0 aliphatic carbocycles. The summed E-state index contributed by atoms with van der Waals surface area (Å²) in [6.45, 7) is 5.27. The molecular weight excluding hydrogens is 184 g/mol. The van der Waals surface area contributed by atoms with Crippen molar-refractivity contribution >= 4 is 0 Å². The number of hydrogen-bond acceptors (Lipinski definition) is 4. The third-order valence-electron chi connectivity index (χ3n) is 1.56. The van der Waals surface area contributed by atoms with E-state index in [1.807, 2.05) is 6.92 Å². The molecule has 0 aliphatic heterocycles. The van der Waals surface area contributed by atoms with Crippen molar-refractivity contribution in [1.29, 1.82) is 0 Å². The van der Waals surface area contributed by atoms with Crippen LogP contribution in [0.4, 0.5) is 0 Å². The second kappa shape index (κ2) is 9.40. The first-order valence-electron chi connectivity index (χ1n) is 4.99. The molecule has 0 amide bonds. The summed E-state index contributed by atoms with van der Waals surface area (Å²) in [5.74, 6) is 0. The van der Waals surface area contributed by atoms with Crippen LogP contribution in [0.15, 0.2) is 0 Å². The quantitative estimate of drug-likeness (QED) is 0.523. The van der Waals surface area contributed by atoms with E-state index in [4.69, 9.17) is 20.4 Å². The molecule has 88 valence electrons. The van der Waals surface area contributed by atoms with Crippen molar-refractivity contribution in [2.75, 3.05) is 13.2 Å². The van der Waals surface area contributed by atoms with Gasteiger partial charge in [-0.25, -0.2) is 0 Å². The fourth-order valence-electron chi connectivity index (χ4n) is 0.698. The summed E-state index contributed by atoms with van der Waals surface area (Å²) in [5, 5.41) is 33.9. The Hall–Kier alpha value is -0.160. The summed E-state index contributed by atoms with van der Waals surface area (Å²) in [5.41, 5.74) is -0.700. The average Bonchev–Trinajstić information content (AvgIpc) is 2.03. The van der Waals surface area contributed by atoms with E-state index < -0.39 is 11.7 Å². The van der Waals surface area contributed by atoms with Gasteiger partial charge in [0, 0.05) is 6.61 Å². The van der Waals surface area contributed by atoms with Gasteiger partial charge in [0.15, 0.2) is 0 Å². The van der Waals surface area contributed by atoms with E-state index >= 15 is 0 Å². The Morgan fingerprint density at radius 2 is 1.71 bits per heavy atom. The SMILES string of the molecule is CC(C)(O)CCO.CCCC(O)CO. The Morgan fingerprint density at radius 1 is 1.21 bits per heavy atom. The highest BCUT2D eigenvalue weighted by atomic mass is 16.3. The molecule has 0 heterocycles. The van der Waals surface area contributed by atoms with Gasteiger partial charge in [0.1, 0.15) is 0 Å². The second-order valence-corrected chi connectivity index (χ2v) is 3.91. The Balaban J connectivity index is 0. The summed E-state index contributed by atoms with van der Waals surface area (Å²) >= 11 is 0. The molecule has 0 spiro atoms. The molecule has 0 rings (SSSR count). The highest BCUT2D eigenvalue weighted by Crippen LogP contribution is 2.04. The normalized spacial score (nSPS) is 13.1. The standard InChI is InChI=1S/2C5H12O2/c1-5(2,7)3-4-6;1-2-3-5(7)4-6/h6-7H,3-4H2,1-2H3;5-7H,2-4H2,1H3. The van der Waals surface area contributed by atoms with Crippen LogP contribution in [0, 0.1) is 0 Å². The Kier molecular flexibility index (Phi) is 10.9. The third kappa shape index (κ3) is 17.8. The van der Waals surface area contributed by atoms with E-state index in [1.165, 1.54) is 0 Å². The summed E-state index contributed by atoms with van der Waals surface area (Å²) in [6, 6.07) is 0. The molecule has 0 aliphatic rings. The number of aliphatic hydroxyl groups excluding tert-OH is 3. The molecule has 4 N–H and O–H groups in total. The van der Waals surface area contributed by atoms with Crippen molar-refractivity contribution in [2.45, 2.75) is 51.7 Å². The highest BCUT2D eigenvalue weighted by molar-refractivity contribution is 4.62. The van der Waals surface area contributed by atoms with Crippen LogP contribution < -0.4 is 0 Å². The summed E-state index contributed by atoms with van der Waals surface area (Å²) in [7, 11) is 0. The summed E-state index contributed by atoms with van der Waals surface area (Å²) in [6.07, 6.45) is 1.59. The molecule has 0 bridgehead atoms. The molecule has 0 aromatic carbocycles. The zero-order valence-electron chi connectivity index (χ0n) is 9.40. The van der Waals surface area contributed by atoms with Crippen LogP contribution in [0.1, 0.15) is 40.0 Å². The van der Waals surface area contributed by atoms with Gasteiger partial charge in [-0.1, -0.05) is 13.3 Å². The van der Waals surface area contributed by atoms with Crippen molar-refractivity contribution in [3.05, 3.63) is 0 Å². The summed E-state index contributed by atoms with van der Waals surface area (Å²) < 4.78 is 0. The number of hydrogen-bond donors (Lipinski definition) is 4. The minimum absolute atomic E-state index is 0.0590. The van der Waals surface area contributed by atoms with Crippen molar-refractivity contribution in [3.8, 4) is 0 Å². The van der Waals surface area contributed by atoms with E-state index in [9.17, 15) is 0 Å². The zero-order valence-corrected chi connectivity index (χ0v) is 9.40. The largest absolute Gasteiger partial charge is 0.396 e. The van der Waals surface area contributed by atoms with Crippen molar-refractivity contribution < 1.29 is 20.4 Å². The lowest BCUT2D eigenvalue weighted by molar-refractivity contribution is 0.0515. The second-order valence-electron chi connectivity index (χ2n) is 3.91. The van der Waals surface area contributed by atoms with Gasteiger partial charge in [-0.15, -0.1) is 0 Å². The predicted octanol–water partition coefficient (Wildman–Crippen LogP) is 0.279. The molecule has 1 unspecified atom stereocenters. The molecule has 0 radical (unpaired) electrons. The van der Waals surface area contributed by atoms with Gasteiger partial charge in [-0.05, 0) is 26.7 Å².